The van der Waals surface area contributed by atoms with Gasteiger partial charge in [0.1, 0.15) is 5.82 Å². The summed E-state index contributed by atoms with van der Waals surface area (Å²) in [6, 6.07) is 0.406. The molecule has 1 aliphatic rings. The molecule has 0 spiro atoms. The van der Waals surface area contributed by atoms with Crippen LogP contribution in [0.2, 0.25) is 0 Å². The molecular weight excluding hydrogens is 200 g/mol. The van der Waals surface area contributed by atoms with Gasteiger partial charge in [0.05, 0.1) is 6.54 Å². The Labute approximate surface area is 97.4 Å². The van der Waals surface area contributed by atoms with Crippen molar-refractivity contribution in [1.29, 1.82) is 0 Å². The minimum Gasteiger partial charge on any atom is -0.337 e. The van der Waals surface area contributed by atoms with Crippen molar-refractivity contribution in [3.8, 4) is 0 Å². The third-order valence-corrected chi connectivity index (χ3v) is 3.40. The van der Waals surface area contributed by atoms with Crippen LogP contribution in [-0.4, -0.2) is 34.1 Å². The van der Waals surface area contributed by atoms with Crippen molar-refractivity contribution in [2.45, 2.75) is 31.8 Å². The lowest BCUT2D eigenvalue weighted by atomic mass is 10.1. The van der Waals surface area contributed by atoms with Crippen molar-refractivity contribution in [3.05, 3.63) is 18.2 Å². The lowest BCUT2D eigenvalue weighted by Gasteiger charge is -2.18. The standard InChI is InChI=1S/C12H22N4/c1-15(7-5-11(13)10-3-4-10)9-12-14-6-8-16(12)2/h6,8,10-11H,3-5,7,9,13H2,1-2H3. The van der Waals surface area contributed by atoms with Gasteiger partial charge in [0.15, 0.2) is 0 Å². The molecule has 4 heteroatoms. The van der Waals surface area contributed by atoms with E-state index < -0.39 is 0 Å². The largest absolute Gasteiger partial charge is 0.337 e. The molecule has 1 atom stereocenters. The fraction of sp³-hybridized carbons (Fsp3) is 0.750. The van der Waals surface area contributed by atoms with E-state index in [0.29, 0.717) is 6.04 Å². The molecule has 1 fully saturated rings. The van der Waals surface area contributed by atoms with Crippen LogP contribution in [0.4, 0.5) is 0 Å². The van der Waals surface area contributed by atoms with Gasteiger partial charge in [-0.25, -0.2) is 4.98 Å². The molecule has 0 saturated heterocycles. The molecule has 0 amide bonds. The first-order valence-corrected chi connectivity index (χ1v) is 6.07. The van der Waals surface area contributed by atoms with E-state index in [0.717, 1.165) is 31.3 Å². The highest BCUT2D eigenvalue weighted by atomic mass is 15.1. The van der Waals surface area contributed by atoms with E-state index in [9.17, 15) is 0 Å². The molecule has 0 aromatic carbocycles. The molecule has 2 N–H and O–H groups in total. The molecule has 0 aliphatic heterocycles. The first-order valence-electron chi connectivity index (χ1n) is 6.07. The minimum absolute atomic E-state index is 0.406. The molecule has 1 aromatic heterocycles. The molecule has 90 valence electrons. The van der Waals surface area contributed by atoms with Gasteiger partial charge in [0.2, 0.25) is 0 Å². The first-order chi connectivity index (χ1) is 7.66. The third-order valence-electron chi connectivity index (χ3n) is 3.40. The summed E-state index contributed by atoms with van der Waals surface area (Å²) in [7, 11) is 4.17. The van der Waals surface area contributed by atoms with Gasteiger partial charge < -0.3 is 10.3 Å². The molecule has 1 aromatic rings. The Hall–Kier alpha value is -0.870. The number of hydrogen-bond donors (Lipinski definition) is 1. The maximum absolute atomic E-state index is 6.08. The number of nitrogens with two attached hydrogens (primary N) is 1. The maximum atomic E-state index is 6.08. The summed E-state index contributed by atoms with van der Waals surface area (Å²) >= 11 is 0. The number of aromatic nitrogens is 2. The second-order valence-electron chi connectivity index (χ2n) is 4.98. The van der Waals surface area contributed by atoms with Crippen molar-refractivity contribution in [3.63, 3.8) is 0 Å². The van der Waals surface area contributed by atoms with Crippen molar-refractivity contribution in [2.24, 2.45) is 18.7 Å². The Morgan fingerprint density at radius 1 is 1.62 bits per heavy atom. The van der Waals surface area contributed by atoms with Crippen LogP contribution in [0.25, 0.3) is 0 Å². The molecule has 16 heavy (non-hydrogen) atoms. The second kappa shape index (κ2) is 4.97. The molecule has 0 radical (unpaired) electrons. The number of aryl methyl sites for hydroxylation is 1. The van der Waals surface area contributed by atoms with Crippen molar-refractivity contribution >= 4 is 0 Å². The van der Waals surface area contributed by atoms with Gasteiger partial charge in [-0.2, -0.15) is 0 Å². The summed E-state index contributed by atoms with van der Waals surface area (Å²) in [5.41, 5.74) is 6.08. The van der Waals surface area contributed by atoms with Crippen LogP contribution < -0.4 is 5.73 Å². The smallest absolute Gasteiger partial charge is 0.122 e. The Bertz CT molecular complexity index is 330. The predicted molar refractivity (Wildman–Crippen MR) is 64.9 cm³/mol. The predicted octanol–water partition coefficient (Wildman–Crippen LogP) is 0.979. The summed E-state index contributed by atoms with van der Waals surface area (Å²) in [4.78, 5) is 6.62. The van der Waals surface area contributed by atoms with Crippen molar-refractivity contribution in [2.75, 3.05) is 13.6 Å². The molecule has 4 nitrogen and oxygen atoms in total. The Balaban J connectivity index is 1.71. The summed E-state index contributed by atoms with van der Waals surface area (Å²) in [6.07, 6.45) is 7.61. The van der Waals surface area contributed by atoms with Gasteiger partial charge in [-0.05, 0) is 38.8 Å². The average molecular weight is 222 g/mol. The molecule has 2 rings (SSSR count). The van der Waals surface area contributed by atoms with Crippen molar-refractivity contribution < 1.29 is 0 Å². The lowest BCUT2D eigenvalue weighted by Crippen LogP contribution is -2.29. The Morgan fingerprint density at radius 2 is 2.38 bits per heavy atom. The van der Waals surface area contributed by atoms with E-state index >= 15 is 0 Å². The highest BCUT2D eigenvalue weighted by molar-refractivity contribution is 4.91. The second-order valence-corrected chi connectivity index (χ2v) is 4.98. The van der Waals surface area contributed by atoms with E-state index in [4.69, 9.17) is 5.73 Å². The monoisotopic (exact) mass is 222 g/mol. The lowest BCUT2D eigenvalue weighted by molar-refractivity contribution is 0.295. The highest BCUT2D eigenvalue weighted by Crippen LogP contribution is 2.32. The van der Waals surface area contributed by atoms with Crippen LogP contribution in [0.3, 0.4) is 0 Å². The van der Waals surface area contributed by atoms with Crippen LogP contribution in [0.1, 0.15) is 25.1 Å². The quantitative estimate of drug-likeness (QED) is 0.780. The van der Waals surface area contributed by atoms with Gasteiger partial charge in [-0.3, -0.25) is 4.90 Å². The van der Waals surface area contributed by atoms with Gasteiger partial charge in [0.25, 0.3) is 0 Å². The molecule has 1 saturated carbocycles. The van der Waals surface area contributed by atoms with Crippen molar-refractivity contribution in [1.82, 2.24) is 14.5 Å². The summed E-state index contributed by atoms with van der Waals surface area (Å²) in [5.74, 6) is 1.92. The fourth-order valence-electron chi connectivity index (χ4n) is 2.00. The summed E-state index contributed by atoms with van der Waals surface area (Å²) in [6.45, 7) is 1.96. The molecular formula is C12H22N4. The van der Waals surface area contributed by atoms with Crippen LogP contribution in [0.15, 0.2) is 12.4 Å². The Morgan fingerprint density at radius 3 is 2.94 bits per heavy atom. The number of imidazole rings is 1. The fourth-order valence-corrected chi connectivity index (χ4v) is 2.00. The van der Waals surface area contributed by atoms with Crippen LogP contribution in [0, 0.1) is 5.92 Å². The minimum atomic E-state index is 0.406. The average Bonchev–Trinajstić information content (AvgIpc) is 3.02. The first kappa shape index (κ1) is 11.6. The van der Waals surface area contributed by atoms with Gasteiger partial charge in [-0.1, -0.05) is 0 Å². The number of hydrogen-bond acceptors (Lipinski definition) is 3. The van der Waals surface area contributed by atoms with Gasteiger partial charge in [0, 0.05) is 25.5 Å². The highest BCUT2D eigenvalue weighted by Gasteiger charge is 2.28. The van der Waals surface area contributed by atoms with Gasteiger partial charge in [-0.15, -0.1) is 0 Å². The van der Waals surface area contributed by atoms with E-state index in [1.807, 2.05) is 19.4 Å². The summed E-state index contributed by atoms with van der Waals surface area (Å²) in [5, 5.41) is 0. The SMILES string of the molecule is CN(CCC(N)C1CC1)Cc1nccn1C. The zero-order chi connectivity index (χ0) is 11.5. The maximum Gasteiger partial charge on any atom is 0.122 e. The van der Waals surface area contributed by atoms with Crippen LogP contribution in [0.5, 0.6) is 0 Å². The zero-order valence-corrected chi connectivity index (χ0v) is 10.3. The van der Waals surface area contributed by atoms with Crippen LogP contribution in [-0.2, 0) is 13.6 Å². The molecule has 1 heterocycles. The van der Waals surface area contributed by atoms with E-state index in [1.165, 1.54) is 12.8 Å². The molecule has 1 unspecified atom stereocenters. The molecule has 1 aliphatic carbocycles. The summed E-state index contributed by atoms with van der Waals surface area (Å²) < 4.78 is 2.07. The van der Waals surface area contributed by atoms with Gasteiger partial charge >= 0.3 is 0 Å². The normalized spacial score (nSPS) is 18.0. The zero-order valence-electron chi connectivity index (χ0n) is 10.3. The Kier molecular flexibility index (Phi) is 3.61. The van der Waals surface area contributed by atoms with E-state index in [2.05, 4.69) is 21.5 Å². The van der Waals surface area contributed by atoms with E-state index in [1.54, 1.807) is 0 Å². The third kappa shape index (κ3) is 3.06. The number of rotatable bonds is 6. The molecule has 0 bridgehead atoms. The van der Waals surface area contributed by atoms with Crippen LogP contribution >= 0.6 is 0 Å². The topological polar surface area (TPSA) is 47.1 Å². The number of nitrogens with zero attached hydrogens (tertiary/aromatic N) is 3. The van der Waals surface area contributed by atoms with E-state index in [-0.39, 0.29) is 0 Å².